The number of methoxy groups -OCH3 is 1. The molecule has 20 rings (SSSR count). The van der Waals surface area contributed by atoms with Crippen LogP contribution in [0.25, 0.3) is 76.0 Å². The number of aliphatic hydroxyl groups is 1. The number of quaternary nitrogens is 2. The molecule has 6 aliphatic rings. The molecule has 0 aromatic heterocycles. The van der Waals surface area contributed by atoms with E-state index in [1.54, 1.807) is 19.2 Å². The zero-order valence-electron chi connectivity index (χ0n) is 79.6. The van der Waals surface area contributed by atoms with Crippen LogP contribution in [0.15, 0.2) is 298 Å². The number of ether oxygens (including phenoxy) is 3. The van der Waals surface area contributed by atoms with Crippen molar-refractivity contribution in [2.75, 3.05) is 169 Å². The van der Waals surface area contributed by atoms with Crippen molar-refractivity contribution >= 4 is 116 Å². The predicted molar refractivity (Wildman–Crippen MR) is 562 cm³/mol. The first-order chi connectivity index (χ1) is 63.7. The molecule has 8 N–H and O–H groups in total. The third kappa shape index (κ3) is 26.9. The molecule has 682 valence electrons. The summed E-state index contributed by atoms with van der Waals surface area (Å²) >= 11 is 0. The second-order valence-electron chi connectivity index (χ2n) is 35.6. The number of anilines is 7. The van der Waals surface area contributed by atoms with Crippen LogP contribution in [0.2, 0.25) is 0 Å². The number of aryl methyl sites for hydroxylation is 3. The Kier molecular flexibility index (Phi) is 34.7. The van der Waals surface area contributed by atoms with Gasteiger partial charge in [0.15, 0.2) is 0 Å². The summed E-state index contributed by atoms with van der Waals surface area (Å²) in [7, 11) is 14.2. The molecule has 0 radical (unpaired) electrons. The van der Waals surface area contributed by atoms with Gasteiger partial charge in [0.1, 0.15) is 40.3 Å². The topological polar surface area (TPSA) is 150 Å². The highest BCUT2D eigenvalue weighted by molar-refractivity contribution is 5.91. The average molecular weight is 1750 g/mol. The van der Waals surface area contributed by atoms with Crippen molar-refractivity contribution in [2.24, 2.45) is 5.73 Å². The molecule has 0 amide bonds. The number of benzene rings is 14. The average Bonchev–Trinajstić information content (AvgIpc) is 0.801. The monoisotopic (exact) mass is 1750 g/mol. The van der Waals surface area contributed by atoms with Gasteiger partial charge in [0.05, 0.1) is 65.0 Å². The summed E-state index contributed by atoms with van der Waals surface area (Å²) in [6.07, 6.45) is 18.4. The third-order valence-electron chi connectivity index (χ3n) is 25.2. The number of fused-ring (bicyclic) bond motifs is 8. The summed E-state index contributed by atoms with van der Waals surface area (Å²) in [5.41, 5.74) is 23.1. The molecule has 0 aliphatic carbocycles. The largest absolute Gasteiger partial charge is 0.508 e. The van der Waals surface area contributed by atoms with Crippen LogP contribution in [-0.2, 0) is 25.7 Å². The van der Waals surface area contributed by atoms with E-state index in [9.17, 15) is 10.2 Å². The molecular formula is C116H140N10O5+2. The Morgan fingerprint density at radius 1 is 0.359 bits per heavy atom. The summed E-state index contributed by atoms with van der Waals surface area (Å²) in [4.78, 5) is 16.2. The highest BCUT2D eigenvalue weighted by Crippen LogP contribution is 2.39. The summed E-state index contributed by atoms with van der Waals surface area (Å²) in [6.45, 7) is 30.7. The van der Waals surface area contributed by atoms with Gasteiger partial charge < -0.3 is 75.1 Å². The van der Waals surface area contributed by atoms with Crippen LogP contribution < -0.4 is 64.9 Å². The molecule has 15 heteroatoms. The molecule has 0 bridgehead atoms. The molecule has 4 fully saturated rings. The molecule has 0 unspecified atom stereocenters. The lowest BCUT2D eigenvalue weighted by atomic mass is 10.0. The molecule has 0 saturated carbocycles. The van der Waals surface area contributed by atoms with E-state index in [-0.39, 0.29) is 5.76 Å². The Bertz CT molecular complexity index is 6110. The fourth-order valence-electron chi connectivity index (χ4n) is 17.6. The quantitative estimate of drug-likeness (QED) is 0.0663. The van der Waals surface area contributed by atoms with Gasteiger partial charge >= 0.3 is 0 Å². The lowest BCUT2D eigenvalue weighted by Crippen LogP contribution is -2.89. The number of phenolic OH excluding ortho intramolecular Hbond substituents is 1. The summed E-state index contributed by atoms with van der Waals surface area (Å²) in [5.74, 6) is 4.28. The number of rotatable bonds is 15. The number of piperazine rings is 2. The standard InChI is InChI=1S/C17H22N2.C15H18N2O.C15H17N.C15H19N.C14H16N2O2.C14H17N.C13H15NO.C13H14O/c1-18(2)16-8-6-15-13-17(9-7-14(15)12-16)19-10-4-3-5-11-19;1-11-9-12(2)18-15-10-13(3-4-14(11)15)17-7-5-16-6-8-17;1-4-10-16(11-5-1)15-9-8-13-6-2-3-7-14(13)12-15;1-4-5-12-6-7-14-11-15(16(2)3)9-8-13(14)10-12;1-10-8-13(17)12-3-2-11(9-14(12)18-10)16-6-4-15-5-7-16;1-4-11-5-6-13-10-14(15(2)3)8-7-12(13)9-11;1-15-13-5-4-11-8-10(6-7-14)2-3-12(11)9-13;1-2-3-10-4-5-12-9-13(14)7-6-11(12)8-10/h6-9,12-13H,3-5,10-11H2,1-2H3;3-4,9-10,16H,2,5-8H2,1H3;2-3,6-9,12H,1,4-5,10-11H2;6-11H,4-5H2,1-3H3;2-3,8-9,15,17H,1,4-7H2;5-10H,4H2,1-3H3;2-5,8-9H,6-7,14H2,1H3;4-9,14H,2-3H2,1H3/p+2. The van der Waals surface area contributed by atoms with E-state index in [1.807, 2.05) is 42.5 Å². The van der Waals surface area contributed by atoms with Gasteiger partial charge in [0.2, 0.25) is 0 Å². The number of allylic oxidation sites excluding steroid dienone is 3. The van der Waals surface area contributed by atoms with Crippen molar-refractivity contribution in [3.8, 4) is 23.0 Å². The van der Waals surface area contributed by atoms with Gasteiger partial charge in [0, 0.05) is 132 Å². The van der Waals surface area contributed by atoms with Gasteiger partial charge in [-0.2, -0.15) is 0 Å². The summed E-state index contributed by atoms with van der Waals surface area (Å²) in [5, 5.41) is 39.2. The lowest BCUT2D eigenvalue weighted by molar-refractivity contribution is -0.655. The van der Waals surface area contributed by atoms with Crippen LogP contribution in [0.4, 0.5) is 39.8 Å². The lowest BCUT2D eigenvalue weighted by Gasteiger charge is -2.29. The normalized spacial score (nSPS) is 14.4. The third-order valence-corrected chi connectivity index (χ3v) is 25.2. The molecule has 6 heterocycles. The van der Waals surface area contributed by atoms with Gasteiger partial charge in [-0.25, -0.2) is 0 Å². The van der Waals surface area contributed by atoms with E-state index in [0.717, 1.165) is 92.4 Å². The first-order valence-corrected chi connectivity index (χ1v) is 47.5. The number of nitrogens with two attached hydrogens (primary N) is 3. The second-order valence-corrected chi connectivity index (χ2v) is 35.6. The maximum Gasteiger partial charge on any atom is 0.140 e. The van der Waals surface area contributed by atoms with E-state index >= 15 is 0 Å². The van der Waals surface area contributed by atoms with Gasteiger partial charge in [-0.3, -0.25) is 0 Å². The molecule has 0 spiro atoms. The SMILES string of the molecule is C=C1C=C(C)c2ccc(N3CC[NH2+]CC3)cc2O1.C=C1C=C(O)c2ccc(N3CC[NH2+]CC3)cc2O1.CCCc1ccc2cc(N(C)C)ccc2c1.CCCc1ccc2cc(O)ccc2c1.CCc1ccc2cc(N(C)C)ccc2c1.CN(C)c1ccc2cc(N3CCCCC3)ccc2c1.COc1ccc2cc(CCN)ccc2c1.c1ccc2cc(N3CCCCC3)ccc2c1. The number of hydrogen-bond donors (Lipinski definition) is 5. The number of aliphatic hydroxyl groups excluding tert-OH is 1. The Morgan fingerprint density at radius 2 is 0.710 bits per heavy atom. The number of aromatic hydroxyl groups is 1. The Labute approximate surface area is 779 Å². The number of piperidine rings is 2. The van der Waals surface area contributed by atoms with Crippen molar-refractivity contribution in [3.05, 3.63) is 331 Å². The van der Waals surface area contributed by atoms with E-state index < -0.39 is 0 Å². The summed E-state index contributed by atoms with van der Waals surface area (Å²) < 4.78 is 16.5. The number of nitrogens with zero attached hydrogens (tertiary/aromatic N) is 7. The minimum absolute atomic E-state index is 0.222. The van der Waals surface area contributed by atoms with E-state index in [4.69, 9.17) is 19.9 Å². The van der Waals surface area contributed by atoms with Crippen molar-refractivity contribution in [1.29, 1.82) is 0 Å². The van der Waals surface area contributed by atoms with E-state index in [0.29, 0.717) is 23.8 Å². The predicted octanol–water partition coefficient (Wildman–Crippen LogP) is 23.2. The number of hydrogen-bond acceptors (Lipinski definition) is 13. The first kappa shape index (κ1) is 95.7. The van der Waals surface area contributed by atoms with Crippen LogP contribution in [0.1, 0.15) is 112 Å². The van der Waals surface area contributed by atoms with Crippen molar-refractivity contribution < 1.29 is 35.1 Å². The van der Waals surface area contributed by atoms with Crippen molar-refractivity contribution in [3.63, 3.8) is 0 Å². The molecule has 6 aliphatic heterocycles. The Morgan fingerprint density at radius 3 is 1.18 bits per heavy atom. The van der Waals surface area contributed by atoms with Gasteiger partial charge in [0.25, 0.3) is 0 Å². The minimum atomic E-state index is 0.222. The molecule has 131 heavy (non-hydrogen) atoms. The van der Waals surface area contributed by atoms with Gasteiger partial charge in [-0.1, -0.05) is 186 Å². The molecular weight excluding hydrogens is 1610 g/mol. The Hall–Kier alpha value is -12.9. The highest BCUT2D eigenvalue weighted by Gasteiger charge is 2.22. The zero-order valence-corrected chi connectivity index (χ0v) is 79.6. The first-order valence-electron chi connectivity index (χ1n) is 47.5. The fraction of sp³-hybridized carbons (Fsp3) is 0.310. The second kappa shape index (κ2) is 47.6. The maximum atomic E-state index is 9.83. The number of phenols is 1. The van der Waals surface area contributed by atoms with Gasteiger partial charge in [-0.15, -0.1) is 0 Å². The maximum absolute atomic E-state index is 9.83. The Balaban J connectivity index is 0.000000128. The van der Waals surface area contributed by atoms with Gasteiger partial charge in [-0.05, 0) is 285 Å². The zero-order chi connectivity index (χ0) is 92.1. The molecule has 4 saturated heterocycles. The minimum Gasteiger partial charge on any atom is -0.508 e. The molecule has 0 atom stereocenters. The smallest absolute Gasteiger partial charge is 0.140 e. The fourth-order valence-corrected chi connectivity index (χ4v) is 17.6. The van der Waals surface area contributed by atoms with Crippen molar-refractivity contribution in [1.82, 2.24) is 0 Å². The van der Waals surface area contributed by atoms with E-state index in [1.165, 1.54) is 230 Å². The molecule has 14 aromatic rings. The molecule has 14 aromatic carbocycles. The molecule has 15 nitrogen and oxygen atoms in total. The van der Waals surface area contributed by atoms with Crippen molar-refractivity contribution in [2.45, 2.75) is 105 Å². The van der Waals surface area contributed by atoms with Crippen LogP contribution in [0.5, 0.6) is 23.0 Å². The highest BCUT2D eigenvalue weighted by atomic mass is 16.5. The summed E-state index contributed by atoms with van der Waals surface area (Å²) in [6, 6.07) is 92.5. The van der Waals surface area contributed by atoms with E-state index in [2.05, 4.69) is 340 Å². The van der Waals surface area contributed by atoms with Crippen LogP contribution >= 0.6 is 0 Å². The van der Waals surface area contributed by atoms with Crippen LogP contribution in [-0.4, -0.2) is 145 Å². The van der Waals surface area contributed by atoms with Crippen LogP contribution in [0.3, 0.4) is 0 Å². The van der Waals surface area contributed by atoms with Crippen LogP contribution in [0, 0.1) is 0 Å².